The van der Waals surface area contributed by atoms with Gasteiger partial charge in [0, 0.05) is 28.7 Å². The topological polar surface area (TPSA) is 104 Å². The highest BCUT2D eigenvalue weighted by atomic mass is 16.4. The number of hydrogen-bond acceptors (Lipinski definition) is 5. The van der Waals surface area contributed by atoms with Gasteiger partial charge in [0.25, 0.3) is 0 Å². The van der Waals surface area contributed by atoms with Gasteiger partial charge in [-0.05, 0) is 49.2 Å². The Morgan fingerprint density at radius 2 is 2.07 bits per heavy atom. The molecule has 0 saturated carbocycles. The number of nitrogens with one attached hydrogen (secondary N) is 2. The van der Waals surface area contributed by atoms with Crippen molar-refractivity contribution in [1.29, 1.82) is 0 Å². The van der Waals surface area contributed by atoms with Crippen LogP contribution in [0.5, 0.6) is 0 Å². The summed E-state index contributed by atoms with van der Waals surface area (Å²) < 4.78 is 0. The summed E-state index contributed by atoms with van der Waals surface area (Å²) in [6, 6.07) is 9.99. The predicted molar refractivity (Wildman–Crippen MR) is 106 cm³/mol. The Labute approximate surface area is 160 Å². The highest BCUT2D eigenvalue weighted by molar-refractivity contribution is 5.96. The molecule has 7 heteroatoms. The van der Waals surface area contributed by atoms with Gasteiger partial charge >= 0.3 is 5.97 Å². The highest BCUT2D eigenvalue weighted by Crippen LogP contribution is 2.34. The lowest BCUT2D eigenvalue weighted by atomic mass is 9.89. The number of nitrogens with zero attached hydrogens (tertiary/aromatic N) is 3. The summed E-state index contributed by atoms with van der Waals surface area (Å²) in [6.07, 6.45) is 6.45. The zero-order chi connectivity index (χ0) is 19.1. The van der Waals surface area contributed by atoms with Gasteiger partial charge in [0.15, 0.2) is 0 Å². The van der Waals surface area contributed by atoms with Crippen molar-refractivity contribution in [1.82, 2.24) is 25.3 Å². The van der Waals surface area contributed by atoms with Crippen molar-refractivity contribution in [2.75, 3.05) is 6.54 Å². The summed E-state index contributed by atoms with van der Waals surface area (Å²) in [5.74, 6) is -1.09. The maximum Gasteiger partial charge on any atom is 0.306 e. The predicted octanol–water partition coefficient (Wildman–Crippen LogP) is 3.30. The second-order valence-corrected chi connectivity index (χ2v) is 7.16. The van der Waals surface area contributed by atoms with E-state index in [1.165, 1.54) is 0 Å². The minimum atomic E-state index is -0.739. The molecular weight excluding hydrogens is 354 g/mol. The van der Waals surface area contributed by atoms with Gasteiger partial charge < -0.3 is 15.4 Å². The summed E-state index contributed by atoms with van der Waals surface area (Å²) in [6.45, 7) is 0.668. The van der Waals surface area contributed by atoms with Crippen LogP contribution in [0.3, 0.4) is 0 Å². The van der Waals surface area contributed by atoms with Gasteiger partial charge in [-0.15, -0.1) is 0 Å². The van der Waals surface area contributed by atoms with E-state index in [-0.39, 0.29) is 12.0 Å². The fourth-order valence-electron chi connectivity index (χ4n) is 4.07. The molecule has 1 saturated heterocycles. The summed E-state index contributed by atoms with van der Waals surface area (Å²) in [4.78, 5) is 28.0. The van der Waals surface area contributed by atoms with E-state index in [4.69, 9.17) is 0 Å². The minimum absolute atomic E-state index is 0.0970. The van der Waals surface area contributed by atoms with Crippen LogP contribution in [-0.2, 0) is 4.79 Å². The molecule has 0 amide bonds. The van der Waals surface area contributed by atoms with E-state index in [0.29, 0.717) is 19.4 Å². The van der Waals surface area contributed by atoms with Crippen molar-refractivity contribution < 1.29 is 9.90 Å². The molecule has 3 N–H and O–H groups in total. The molecule has 0 spiro atoms. The Morgan fingerprint density at radius 1 is 1.14 bits per heavy atom. The zero-order valence-electron chi connectivity index (χ0n) is 15.1. The third-order valence-corrected chi connectivity index (χ3v) is 5.51. The molecule has 0 radical (unpaired) electrons. The second-order valence-electron chi connectivity index (χ2n) is 7.16. The van der Waals surface area contributed by atoms with Gasteiger partial charge in [0.2, 0.25) is 0 Å². The first kappa shape index (κ1) is 16.8. The fraction of sp³-hybridized carbons (Fsp3) is 0.238. The van der Waals surface area contributed by atoms with Gasteiger partial charge in [-0.2, -0.15) is 0 Å². The Bertz CT molecular complexity index is 1190. The van der Waals surface area contributed by atoms with E-state index in [9.17, 15) is 9.90 Å². The van der Waals surface area contributed by atoms with Crippen LogP contribution in [0.2, 0.25) is 0 Å². The second kappa shape index (κ2) is 6.69. The lowest BCUT2D eigenvalue weighted by Crippen LogP contribution is -2.35. The first-order chi connectivity index (χ1) is 13.7. The van der Waals surface area contributed by atoms with Gasteiger partial charge in [-0.1, -0.05) is 6.07 Å². The SMILES string of the molecule is O=C(O)C1CCNC(c2ncnc3ccc(-c4c[nH]c5ncccc45)cc23)C1. The van der Waals surface area contributed by atoms with Crippen LogP contribution in [0.15, 0.2) is 49.1 Å². The van der Waals surface area contributed by atoms with Crippen LogP contribution < -0.4 is 5.32 Å². The van der Waals surface area contributed by atoms with E-state index in [2.05, 4.69) is 31.3 Å². The molecule has 0 aliphatic carbocycles. The molecule has 4 heterocycles. The van der Waals surface area contributed by atoms with Gasteiger partial charge in [-0.3, -0.25) is 4.79 Å². The molecule has 1 aliphatic heterocycles. The van der Waals surface area contributed by atoms with E-state index in [0.717, 1.165) is 38.8 Å². The number of H-pyrrole nitrogens is 1. The third kappa shape index (κ3) is 2.80. The van der Waals surface area contributed by atoms with Crippen molar-refractivity contribution >= 4 is 27.9 Å². The molecule has 28 heavy (non-hydrogen) atoms. The van der Waals surface area contributed by atoms with E-state index in [1.807, 2.05) is 30.5 Å². The molecule has 1 fully saturated rings. The molecule has 2 atom stereocenters. The molecule has 7 nitrogen and oxygen atoms in total. The van der Waals surface area contributed by atoms with E-state index in [1.54, 1.807) is 12.5 Å². The number of carboxylic acid groups (broad SMARTS) is 1. The Hall–Kier alpha value is -3.32. The molecule has 140 valence electrons. The molecule has 2 unspecified atom stereocenters. The number of hydrogen-bond donors (Lipinski definition) is 3. The number of aromatic amines is 1. The van der Waals surface area contributed by atoms with Crippen molar-refractivity contribution in [3.05, 3.63) is 54.7 Å². The first-order valence-corrected chi connectivity index (χ1v) is 9.34. The van der Waals surface area contributed by atoms with Crippen LogP contribution >= 0.6 is 0 Å². The van der Waals surface area contributed by atoms with Crippen LogP contribution in [-0.4, -0.2) is 37.6 Å². The maximum atomic E-state index is 11.5. The molecule has 1 aliphatic rings. The van der Waals surface area contributed by atoms with E-state index >= 15 is 0 Å². The number of carboxylic acids is 1. The number of fused-ring (bicyclic) bond motifs is 2. The summed E-state index contributed by atoms with van der Waals surface area (Å²) in [5.41, 5.74) is 4.68. The normalized spacial score (nSPS) is 19.9. The third-order valence-electron chi connectivity index (χ3n) is 5.51. The molecule has 5 rings (SSSR count). The lowest BCUT2D eigenvalue weighted by molar-refractivity contribution is -0.143. The number of piperidine rings is 1. The average Bonchev–Trinajstić information content (AvgIpc) is 3.17. The van der Waals surface area contributed by atoms with Crippen LogP contribution in [0, 0.1) is 5.92 Å². The van der Waals surface area contributed by atoms with Gasteiger partial charge in [0.1, 0.15) is 12.0 Å². The number of carbonyl (C=O) groups is 1. The van der Waals surface area contributed by atoms with Crippen LogP contribution in [0.25, 0.3) is 33.1 Å². The number of benzene rings is 1. The summed E-state index contributed by atoms with van der Waals surface area (Å²) >= 11 is 0. The Morgan fingerprint density at radius 3 is 2.96 bits per heavy atom. The molecule has 4 aromatic rings. The van der Waals surface area contributed by atoms with Crippen LogP contribution in [0.1, 0.15) is 24.6 Å². The average molecular weight is 373 g/mol. The highest BCUT2D eigenvalue weighted by Gasteiger charge is 2.29. The largest absolute Gasteiger partial charge is 0.481 e. The Kier molecular flexibility index (Phi) is 4.02. The summed E-state index contributed by atoms with van der Waals surface area (Å²) in [5, 5.41) is 14.8. The standard InChI is InChI=1S/C21H19N5O2/c27-21(28)13-5-7-22-18(9-13)19-15-8-12(3-4-17(15)25-11-26-19)16-10-24-20-14(16)2-1-6-23-20/h1-4,6,8,10-11,13,18,22H,5,7,9H2,(H,23,24)(H,27,28). The van der Waals surface area contributed by atoms with E-state index < -0.39 is 5.97 Å². The van der Waals surface area contributed by atoms with Crippen molar-refractivity contribution in [2.24, 2.45) is 5.92 Å². The van der Waals surface area contributed by atoms with Gasteiger partial charge in [-0.25, -0.2) is 15.0 Å². The number of pyridine rings is 1. The lowest BCUT2D eigenvalue weighted by Gasteiger charge is -2.28. The van der Waals surface area contributed by atoms with Gasteiger partial charge in [0.05, 0.1) is 23.2 Å². The molecular formula is C21H19N5O2. The zero-order valence-corrected chi connectivity index (χ0v) is 15.1. The molecule has 0 bridgehead atoms. The van der Waals surface area contributed by atoms with Crippen molar-refractivity contribution in [3.8, 4) is 11.1 Å². The molecule has 1 aromatic carbocycles. The van der Waals surface area contributed by atoms with Crippen molar-refractivity contribution in [2.45, 2.75) is 18.9 Å². The fourth-order valence-corrected chi connectivity index (χ4v) is 4.07. The maximum absolute atomic E-state index is 11.5. The van der Waals surface area contributed by atoms with Crippen molar-refractivity contribution in [3.63, 3.8) is 0 Å². The Balaban J connectivity index is 1.61. The van der Waals surface area contributed by atoms with Crippen LogP contribution in [0.4, 0.5) is 0 Å². The first-order valence-electron chi connectivity index (χ1n) is 9.34. The number of rotatable bonds is 3. The molecule has 3 aromatic heterocycles. The smallest absolute Gasteiger partial charge is 0.306 e. The monoisotopic (exact) mass is 373 g/mol. The quantitative estimate of drug-likeness (QED) is 0.509. The number of aliphatic carboxylic acids is 1. The summed E-state index contributed by atoms with van der Waals surface area (Å²) in [7, 11) is 0. The minimum Gasteiger partial charge on any atom is -0.481 e. The number of aromatic nitrogens is 4.